The molecule has 0 bridgehead atoms. The average molecular weight is 586 g/mol. The number of aliphatic imine (C=N–C) groups is 1. The molecule has 0 unspecified atom stereocenters. The second kappa shape index (κ2) is 16.5. The van der Waals surface area contributed by atoms with Gasteiger partial charge in [0, 0.05) is 44.1 Å². The summed E-state index contributed by atoms with van der Waals surface area (Å²) in [4.78, 5) is 29.0. The van der Waals surface area contributed by atoms with Gasteiger partial charge in [0.1, 0.15) is 0 Å². The first-order valence-corrected chi connectivity index (χ1v) is 14.5. The standard InChI is InChI=1S/C26H35N3O3S.C4H4O4/c1-28(26-27-22-10-5-4-9-20(22)19-33-26)21-13-16-29(17-14-21)15-6-7-18-32-25-23(30-2)11-8-12-24(25)31-3;5-3(6)1-2-4(7)8/h4-5,8-12,21H,6-7,13-19H2,1-3H3;1-2H,(H,5,6)(H,7,8)/b;2-1+. The van der Waals surface area contributed by atoms with Gasteiger partial charge in [-0.3, -0.25) is 0 Å². The first kappa shape index (κ1) is 31.8. The number of carboxylic acid groups (broad SMARTS) is 2. The summed E-state index contributed by atoms with van der Waals surface area (Å²) in [6.07, 6.45) is 5.62. The third kappa shape index (κ3) is 10.0. The van der Waals surface area contributed by atoms with E-state index >= 15 is 0 Å². The Labute approximate surface area is 245 Å². The van der Waals surface area contributed by atoms with Crippen molar-refractivity contribution >= 4 is 34.6 Å². The van der Waals surface area contributed by atoms with Crippen molar-refractivity contribution in [2.75, 3.05) is 47.5 Å². The van der Waals surface area contributed by atoms with Gasteiger partial charge in [0.25, 0.3) is 0 Å². The van der Waals surface area contributed by atoms with Crippen molar-refractivity contribution in [3.8, 4) is 17.2 Å². The number of piperidine rings is 1. The summed E-state index contributed by atoms with van der Waals surface area (Å²) in [5.74, 6) is 0.618. The number of hydrogen-bond acceptors (Lipinski definition) is 9. The van der Waals surface area contributed by atoms with Gasteiger partial charge < -0.3 is 34.2 Å². The Morgan fingerprint density at radius 2 is 1.63 bits per heavy atom. The quantitative estimate of drug-likeness (QED) is 0.278. The van der Waals surface area contributed by atoms with Gasteiger partial charge in [0.2, 0.25) is 5.75 Å². The summed E-state index contributed by atoms with van der Waals surface area (Å²) in [5, 5.41) is 16.8. The molecular formula is C30H39N3O7S. The first-order chi connectivity index (χ1) is 19.8. The molecule has 11 heteroatoms. The predicted molar refractivity (Wildman–Crippen MR) is 161 cm³/mol. The van der Waals surface area contributed by atoms with Crippen LogP contribution in [0.2, 0.25) is 0 Å². The molecule has 222 valence electrons. The van der Waals surface area contributed by atoms with Crippen molar-refractivity contribution in [1.82, 2.24) is 9.80 Å². The lowest BCUT2D eigenvalue weighted by Gasteiger charge is -2.38. The van der Waals surface area contributed by atoms with Gasteiger partial charge in [0.05, 0.1) is 26.5 Å². The number of hydrogen-bond donors (Lipinski definition) is 2. The zero-order valence-electron chi connectivity index (χ0n) is 23.8. The van der Waals surface area contributed by atoms with Gasteiger partial charge in [-0.1, -0.05) is 36.0 Å². The normalized spacial score (nSPS) is 15.2. The van der Waals surface area contributed by atoms with Crippen LogP contribution in [0.15, 0.2) is 59.6 Å². The molecule has 0 amide bonds. The van der Waals surface area contributed by atoms with E-state index in [1.807, 2.05) is 30.0 Å². The molecule has 0 aliphatic carbocycles. The number of amidine groups is 1. The number of methoxy groups -OCH3 is 2. The Bertz CT molecular complexity index is 1170. The number of benzene rings is 2. The summed E-state index contributed by atoms with van der Waals surface area (Å²) >= 11 is 1.86. The molecule has 2 aromatic carbocycles. The maximum atomic E-state index is 9.55. The largest absolute Gasteiger partial charge is 0.493 e. The van der Waals surface area contributed by atoms with Crippen LogP contribution >= 0.6 is 11.8 Å². The number of para-hydroxylation sites is 2. The predicted octanol–water partition coefficient (Wildman–Crippen LogP) is 4.91. The van der Waals surface area contributed by atoms with Crippen LogP contribution in [-0.2, 0) is 15.3 Å². The van der Waals surface area contributed by atoms with Crippen molar-refractivity contribution in [3.05, 3.63) is 60.2 Å². The Morgan fingerprint density at radius 1 is 1.00 bits per heavy atom. The number of likely N-dealkylation sites (tertiary alicyclic amines) is 1. The number of thioether (sulfide) groups is 1. The zero-order chi connectivity index (χ0) is 29.6. The van der Waals surface area contributed by atoms with Crippen LogP contribution < -0.4 is 14.2 Å². The van der Waals surface area contributed by atoms with E-state index in [-0.39, 0.29) is 0 Å². The van der Waals surface area contributed by atoms with E-state index in [4.69, 9.17) is 29.4 Å². The average Bonchev–Trinajstić information content (AvgIpc) is 2.99. The lowest BCUT2D eigenvalue weighted by atomic mass is 10.0. The van der Waals surface area contributed by atoms with Gasteiger partial charge >= 0.3 is 11.9 Å². The molecule has 1 fully saturated rings. The molecule has 0 atom stereocenters. The molecule has 2 aliphatic rings. The highest BCUT2D eigenvalue weighted by atomic mass is 32.2. The zero-order valence-corrected chi connectivity index (χ0v) is 24.6. The molecule has 2 N–H and O–H groups in total. The van der Waals surface area contributed by atoms with Crippen LogP contribution in [0.1, 0.15) is 31.2 Å². The molecule has 0 saturated carbocycles. The van der Waals surface area contributed by atoms with Crippen LogP contribution in [-0.4, -0.2) is 90.7 Å². The van der Waals surface area contributed by atoms with E-state index in [0.29, 0.717) is 42.0 Å². The molecule has 2 heterocycles. The summed E-state index contributed by atoms with van der Waals surface area (Å²) in [7, 11) is 5.52. The number of ether oxygens (including phenoxy) is 3. The summed E-state index contributed by atoms with van der Waals surface area (Å²) < 4.78 is 16.8. The summed E-state index contributed by atoms with van der Waals surface area (Å²) in [6.45, 7) is 4.07. The SMILES string of the molecule is COc1cccc(OC)c1OCCCCN1CCC(N(C)C2=Nc3ccccc3CS2)CC1.O=C(O)/C=C/C(=O)O. The van der Waals surface area contributed by atoms with Gasteiger partial charge in [-0.25, -0.2) is 14.6 Å². The van der Waals surface area contributed by atoms with Crippen molar-refractivity contribution in [2.24, 2.45) is 4.99 Å². The minimum absolute atomic E-state index is 0.558. The third-order valence-corrected chi connectivity index (χ3v) is 7.93. The minimum atomic E-state index is -1.26. The Kier molecular flexibility index (Phi) is 12.8. The highest BCUT2D eigenvalue weighted by molar-refractivity contribution is 8.13. The molecule has 4 rings (SSSR count). The van der Waals surface area contributed by atoms with Crippen LogP contribution in [0.3, 0.4) is 0 Å². The van der Waals surface area contributed by atoms with E-state index in [1.54, 1.807) is 14.2 Å². The molecule has 10 nitrogen and oxygen atoms in total. The lowest BCUT2D eigenvalue weighted by Crippen LogP contribution is -2.45. The van der Waals surface area contributed by atoms with E-state index < -0.39 is 11.9 Å². The monoisotopic (exact) mass is 585 g/mol. The molecule has 2 aromatic rings. The highest BCUT2D eigenvalue weighted by Crippen LogP contribution is 2.37. The molecule has 41 heavy (non-hydrogen) atoms. The van der Waals surface area contributed by atoms with E-state index in [2.05, 4.69) is 41.1 Å². The molecule has 0 spiro atoms. The van der Waals surface area contributed by atoms with Crippen LogP contribution in [0.25, 0.3) is 0 Å². The Morgan fingerprint density at radius 3 is 2.24 bits per heavy atom. The smallest absolute Gasteiger partial charge is 0.328 e. The molecule has 0 aromatic heterocycles. The van der Waals surface area contributed by atoms with E-state index in [9.17, 15) is 9.59 Å². The van der Waals surface area contributed by atoms with Crippen LogP contribution in [0, 0.1) is 0 Å². The molecule has 1 saturated heterocycles. The maximum Gasteiger partial charge on any atom is 0.328 e. The van der Waals surface area contributed by atoms with Crippen molar-refractivity contribution in [2.45, 2.75) is 37.5 Å². The fourth-order valence-electron chi connectivity index (χ4n) is 4.60. The molecule has 0 radical (unpaired) electrons. The third-order valence-electron chi connectivity index (χ3n) is 6.84. The number of unbranched alkanes of at least 4 members (excludes halogenated alkanes) is 1. The Balaban J connectivity index is 0.000000507. The number of carboxylic acids is 2. The molecular weight excluding hydrogens is 546 g/mol. The highest BCUT2D eigenvalue weighted by Gasteiger charge is 2.26. The number of carbonyl (C=O) groups is 2. The van der Waals surface area contributed by atoms with E-state index in [0.717, 1.165) is 49.1 Å². The minimum Gasteiger partial charge on any atom is -0.493 e. The second-order valence-electron chi connectivity index (χ2n) is 9.55. The second-order valence-corrected chi connectivity index (χ2v) is 10.5. The molecule has 2 aliphatic heterocycles. The van der Waals surface area contributed by atoms with Gasteiger partial charge in [-0.05, 0) is 56.0 Å². The number of nitrogens with zero attached hydrogens (tertiary/aromatic N) is 3. The first-order valence-electron chi connectivity index (χ1n) is 13.5. The van der Waals surface area contributed by atoms with Gasteiger partial charge in [-0.2, -0.15) is 0 Å². The number of fused-ring (bicyclic) bond motifs is 1. The van der Waals surface area contributed by atoms with Crippen molar-refractivity contribution in [1.29, 1.82) is 0 Å². The van der Waals surface area contributed by atoms with Crippen molar-refractivity contribution < 1.29 is 34.0 Å². The summed E-state index contributed by atoms with van der Waals surface area (Å²) in [5.41, 5.74) is 2.46. The number of aliphatic carboxylic acids is 2. The van der Waals surface area contributed by atoms with Crippen LogP contribution in [0.4, 0.5) is 5.69 Å². The van der Waals surface area contributed by atoms with Crippen molar-refractivity contribution in [3.63, 3.8) is 0 Å². The maximum absolute atomic E-state index is 9.55. The topological polar surface area (TPSA) is 121 Å². The number of rotatable bonds is 11. The summed E-state index contributed by atoms with van der Waals surface area (Å²) in [6, 6.07) is 14.7. The Hall–Kier alpha value is -3.70. The van der Waals surface area contributed by atoms with E-state index in [1.165, 1.54) is 18.4 Å². The lowest BCUT2D eigenvalue weighted by molar-refractivity contribution is -0.134. The fourth-order valence-corrected chi connectivity index (χ4v) is 5.64. The fraction of sp³-hybridized carbons (Fsp3) is 0.433. The van der Waals surface area contributed by atoms with Gasteiger partial charge in [-0.15, -0.1) is 0 Å². The van der Waals surface area contributed by atoms with Crippen LogP contribution in [0.5, 0.6) is 17.2 Å². The van der Waals surface area contributed by atoms with Gasteiger partial charge in [0.15, 0.2) is 16.7 Å².